The van der Waals surface area contributed by atoms with Crippen molar-refractivity contribution in [3.8, 4) is 0 Å². The molecule has 0 spiro atoms. The summed E-state index contributed by atoms with van der Waals surface area (Å²) in [6.45, 7) is 2.66. The van der Waals surface area contributed by atoms with E-state index in [-0.39, 0.29) is 12.1 Å². The molecule has 0 amide bonds. The molecule has 0 aromatic heterocycles. The van der Waals surface area contributed by atoms with E-state index in [0.717, 1.165) is 12.0 Å². The van der Waals surface area contributed by atoms with Gasteiger partial charge >= 0.3 is 5.97 Å². The zero-order chi connectivity index (χ0) is 8.97. The highest BCUT2D eigenvalue weighted by atomic mass is 16.5. The van der Waals surface area contributed by atoms with E-state index in [1.165, 1.54) is 7.11 Å². The molecule has 3 nitrogen and oxygen atoms in total. The summed E-state index contributed by atoms with van der Waals surface area (Å²) in [5, 5.41) is 0. The average molecular weight is 170 g/mol. The molecule has 0 saturated heterocycles. The molecule has 0 aliphatic heterocycles. The lowest BCUT2D eigenvalue weighted by Gasteiger charge is -2.08. The molecule has 1 aliphatic rings. The second-order valence-corrected chi connectivity index (χ2v) is 2.74. The van der Waals surface area contributed by atoms with Gasteiger partial charge in [0, 0.05) is 18.6 Å². The molecule has 68 valence electrons. The van der Waals surface area contributed by atoms with Crippen molar-refractivity contribution >= 4 is 5.97 Å². The Hall–Kier alpha value is -0.830. The number of rotatable bonds is 3. The van der Waals surface area contributed by atoms with E-state index in [4.69, 9.17) is 4.74 Å². The van der Waals surface area contributed by atoms with Gasteiger partial charge in [-0.05, 0) is 13.3 Å². The quantitative estimate of drug-likeness (QED) is 0.598. The third-order valence-electron chi connectivity index (χ3n) is 1.92. The molecular formula is C9H14O3. The first-order chi connectivity index (χ1) is 5.77. The number of methoxy groups -OCH3 is 1. The fourth-order valence-corrected chi connectivity index (χ4v) is 1.35. The van der Waals surface area contributed by atoms with Crippen molar-refractivity contribution in [2.45, 2.75) is 25.9 Å². The molecule has 0 aromatic rings. The van der Waals surface area contributed by atoms with E-state index in [0.29, 0.717) is 13.0 Å². The van der Waals surface area contributed by atoms with Crippen molar-refractivity contribution in [1.29, 1.82) is 0 Å². The monoisotopic (exact) mass is 170 g/mol. The highest BCUT2D eigenvalue weighted by molar-refractivity contribution is 5.88. The van der Waals surface area contributed by atoms with Crippen LogP contribution >= 0.6 is 0 Å². The zero-order valence-electron chi connectivity index (χ0n) is 7.50. The van der Waals surface area contributed by atoms with Crippen LogP contribution in [0.1, 0.15) is 19.8 Å². The number of hydrogen-bond acceptors (Lipinski definition) is 3. The molecule has 0 unspecified atom stereocenters. The normalized spacial score (nSPS) is 22.2. The fraction of sp³-hybridized carbons (Fsp3) is 0.667. The van der Waals surface area contributed by atoms with Gasteiger partial charge in [0.1, 0.15) is 0 Å². The number of ether oxygens (including phenoxy) is 2. The molecular weight excluding hydrogens is 156 g/mol. The van der Waals surface area contributed by atoms with E-state index in [1.807, 2.05) is 13.0 Å². The van der Waals surface area contributed by atoms with Crippen LogP contribution in [0.5, 0.6) is 0 Å². The van der Waals surface area contributed by atoms with Crippen LogP contribution in [0.25, 0.3) is 0 Å². The van der Waals surface area contributed by atoms with Crippen molar-refractivity contribution in [3.63, 3.8) is 0 Å². The van der Waals surface area contributed by atoms with Gasteiger partial charge in [-0.3, -0.25) is 0 Å². The third kappa shape index (κ3) is 2.08. The Kier molecular flexibility index (Phi) is 3.29. The van der Waals surface area contributed by atoms with Crippen LogP contribution in [0.2, 0.25) is 0 Å². The molecule has 0 fully saturated rings. The first-order valence-corrected chi connectivity index (χ1v) is 4.16. The predicted molar refractivity (Wildman–Crippen MR) is 44.7 cm³/mol. The predicted octanol–water partition coefficient (Wildman–Crippen LogP) is 1.28. The topological polar surface area (TPSA) is 35.5 Å². The minimum Gasteiger partial charge on any atom is -0.466 e. The summed E-state index contributed by atoms with van der Waals surface area (Å²) in [7, 11) is 1.40. The Morgan fingerprint density at radius 3 is 3.08 bits per heavy atom. The maximum Gasteiger partial charge on any atom is 0.333 e. The largest absolute Gasteiger partial charge is 0.466 e. The van der Waals surface area contributed by atoms with Gasteiger partial charge in [-0.25, -0.2) is 4.79 Å². The average Bonchev–Trinajstić information content (AvgIpc) is 2.52. The van der Waals surface area contributed by atoms with Crippen molar-refractivity contribution in [3.05, 3.63) is 11.6 Å². The van der Waals surface area contributed by atoms with Crippen molar-refractivity contribution in [2.75, 3.05) is 13.7 Å². The van der Waals surface area contributed by atoms with Crippen molar-refractivity contribution in [2.24, 2.45) is 0 Å². The van der Waals surface area contributed by atoms with Gasteiger partial charge in [0.05, 0.1) is 13.2 Å². The summed E-state index contributed by atoms with van der Waals surface area (Å²) < 4.78 is 9.97. The van der Waals surface area contributed by atoms with Gasteiger partial charge in [0.2, 0.25) is 0 Å². The smallest absolute Gasteiger partial charge is 0.333 e. The first kappa shape index (κ1) is 9.26. The van der Waals surface area contributed by atoms with E-state index >= 15 is 0 Å². The Labute approximate surface area is 72.4 Å². The summed E-state index contributed by atoms with van der Waals surface area (Å²) in [4.78, 5) is 11.0. The van der Waals surface area contributed by atoms with Gasteiger partial charge < -0.3 is 9.47 Å². The van der Waals surface area contributed by atoms with E-state index < -0.39 is 0 Å². The number of esters is 1. The molecule has 0 radical (unpaired) electrons. The van der Waals surface area contributed by atoms with E-state index in [9.17, 15) is 4.79 Å². The van der Waals surface area contributed by atoms with Crippen LogP contribution in [0.3, 0.4) is 0 Å². The van der Waals surface area contributed by atoms with Gasteiger partial charge in [0.15, 0.2) is 0 Å². The highest BCUT2D eigenvalue weighted by Gasteiger charge is 2.22. The van der Waals surface area contributed by atoms with Gasteiger partial charge in [-0.15, -0.1) is 0 Å². The number of carbonyl (C=O) groups is 1. The second-order valence-electron chi connectivity index (χ2n) is 2.74. The summed E-state index contributed by atoms with van der Waals surface area (Å²) in [6.07, 6.45) is 3.61. The number of carbonyl (C=O) groups excluding carboxylic acids is 1. The lowest BCUT2D eigenvalue weighted by molar-refractivity contribution is -0.136. The standard InChI is InChI=1S/C9H14O3/c1-3-12-8-5-4-7(6-8)9(10)11-2/h4,8H,3,5-6H2,1-2H3/t8-/m1/s1. The molecule has 12 heavy (non-hydrogen) atoms. The molecule has 0 aromatic carbocycles. The summed E-state index contributed by atoms with van der Waals surface area (Å²) in [5.74, 6) is -0.225. The van der Waals surface area contributed by atoms with E-state index in [2.05, 4.69) is 4.74 Å². The molecule has 3 heteroatoms. The Balaban J connectivity index is 2.38. The first-order valence-electron chi connectivity index (χ1n) is 4.16. The fourth-order valence-electron chi connectivity index (χ4n) is 1.35. The van der Waals surface area contributed by atoms with Crippen LogP contribution in [-0.4, -0.2) is 25.8 Å². The van der Waals surface area contributed by atoms with Crippen LogP contribution in [0, 0.1) is 0 Å². The number of hydrogen-bond donors (Lipinski definition) is 0. The molecule has 0 bridgehead atoms. The Morgan fingerprint density at radius 1 is 1.75 bits per heavy atom. The maximum absolute atomic E-state index is 11.0. The van der Waals surface area contributed by atoms with Gasteiger partial charge in [0.25, 0.3) is 0 Å². The Morgan fingerprint density at radius 2 is 2.50 bits per heavy atom. The van der Waals surface area contributed by atoms with Crippen molar-refractivity contribution in [1.82, 2.24) is 0 Å². The SMILES string of the molecule is CCO[C@@H]1CC=C(C(=O)OC)C1. The lowest BCUT2D eigenvalue weighted by atomic mass is 10.2. The molecule has 0 heterocycles. The maximum atomic E-state index is 11.0. The van der Waals surface area contributed by atoms with Gasteiger partial charge in [-0.1, -0.05) is 6.08 Å². The van der Waals surface area contributed by atoms with Crippen LogP contribution in [0.4, 0.5) is 0 Å². The van der Waals surface area contributed by atoms with Crippen LogP contribution < -0.4 is 0 Å². The molecule has 1 aliphatic carbocycles. The second kappa shape index (κ2) is 4.26. The van der Waals surface area contributed by atoms with Crippen LogP contribution in [0.15, 0.2) is 11.6 Å². The summed E-state index contributed by atoms with van der Waals surface area (Å²) >= 11 is 0. The molecule has 1 rings (SSSR count). The molecule has 0 saturated carbocycles. The van der Waals surface area contributed by atoms with Crippen LogP contribution in [-0.2, 0) is 14.3 Å². The molecule has 1 atom stereocenters. The lowest BCUT2D eigenvalue weighted by Crippen LogP contribution is -2.11. The third-order valence-corrected chi connectivity index (χ3v) is 1.92. The zero-order valence-corrected chi connectivity index (χ0v) is 7.50. The Bertz CT molecular complexity index is 196. The minimum absolute atomic E-state index is 0.184. The van der Waals surface area contributed by atoms with Gasteiger partial charge in [-0.2, -0.15) is 0 Å². The summed E-state index contributed by atoms with van der Waals surface area (Å²) in [6, 6.07) is 0. The molecule has 0 N–H and O–H groups in total. The van der Waals surface area contributed by atoms with Crippen molar-refractivity contribution < 1.29 is 14.3 Å². The van der Waals surface area contributed by atoms with E-state index in [1.54, 1.807) is 0 Å². The summed E-state index contributed by atoms with van der Waals surface area (Å²) in [5.41, 5.74) is 0.746. The highest BCUT2D eigenvalue weighted by Crippen LogP contribution is 2.22. The minimum atomic E-state index is -0.225.